The number of rotatable bonds is 8. The SMILES string of the molecule is CCSCCNc1ccccc1CCOC. The lowest BCUT2D eigenvalue weighted by molar-refractivity contribution is 0.202. The number of nitrogens with one attached hydrogen (secondary N) is 1. The first-order valence-corrected chi connectivity index (χ1v) is 6.92. The number of hydrogen-bond acceptors (Lipinski definition) is 3. The molecule has 0 unspecified atom stereocenters. The summed E-state index contributed by atoms with van der Waals surface area (Å²) in [5.74, 6) is 2.35. The van der Waals surface area contributed by atoms with Gasteiger partial charge in [0, 0.05) is 25.1 Å². The molecule has 0 heterocycles. The van der Waals surface area contributed by atoms with Crippen LogP contribution in [-0.4, -0.2) is 31.8 Å². The summed E-state index contributed by atoms with van der Waals surface area (Å²) in [7, 11) is 1.74. The Morgan fingerprint density at radius 1 is 1.31 bits per heavy atom. The van der Waals surface area contributed by atoms with Crippen LogP contribution in [0, 0.1) is 0 Å². The van der Waals surface area contributed by atoms with E-state index in [0.29, 0.717) is 0 Å². The minimum atomic E-state index is 0.780. The van der Waals surface area contributed by atoms with Crippen molar-refractivity contribution in [2.45, 2.75) is 13.3 Å². The van der Waals surface area contributed by atoms with Gasteiger partial charge in [0.15, 0.2) is 0 Å². The van der Waals surface area contributed by atoms with Crippen molar-refractivity contribution in [3.05, 3.63) is 29.8 Å². The highest BCUT2D eigenvalue weighted by Gasteiger charge is 2.00. The highest BCUT2D eigenvalue weighted by atomic mass is 32.2. The molecule has 16 heavy (non-hydrogen) atoms. The minimum absolute atomic E-state index is 0.780. The maximum absolute atomic E-state index is 5.11. The Morgan fingerprint density at radius 2 is 2.12 bits per heavy atom. The predicted molar refractivity (Wildman–Crippen MR) is 73.5 cm³/mol. The highest BCUT2D eigenvalue weighted by molar-refractivity contribution is 7.99. The van der Waals surface area contributed by atoms with Crippen LogP contribution >= 0.6 is 11.8 Å². The molecule has 0 saturated heterocycles. The van der Waals surface area contributed by atoms with E-state index in [1.54, 1.807) is 7.11 Å². The minimum Gasteiger partial charge on any atom is -0.384 e. The Bertz CT molecular complexity index is 291. The number of para-hydroxylation sites is 1. The average Bonchev–Trinajstić information content (AvgIpc) is 2.33. The number of benzene rings is 1. The largest absolute Gasteiger partial charge is 0.384 e. The van der Waals surface area contributed by atoms with Crippen LogP contribution < -0.4 is 5.32 Å². The molecular formula is C13H21NOS. The molecule has 0 atom stereocenters. The number of thioether (sulfide) groups is 1. The molecule has 1 aromatic carbocycles. The summed E-state index contributed by atoms with van der Waals surface area (Å²) < 4.78 is 5.11. The van der Waals surface area contributed by atoms with Gasteiger partial charge in [0.05, 0.1) is 6.61 Å². The van der Waals surface area contributed by atoms with E-state index < -0.39 is 0 Å². The lowest BCUT2D eigenvalue weighted by Crippen LogP contribution is -2.07. The molecule has 0 aliphatic carbocycles. The van der Waals surface area contributed by atoms with Crippen molar-refractivity contribution >= 4 is 17.4 Å². The summed E-state index contributed by atoms with van der Waals surface area (Å²) in [5.41, 5.74) is 2.59. The fraction of sp³-hybridized carbons (Fsp3) is 0.538. The van der Waals surface area contributed by atoms with Crippen LogP contribution in [0.1, 0.15) is 12.5 Å². The molecule has 0 spiro atoms. The van der Waals surface area contributed by atoms with Gasteiger partial charge >= 0.3 is 0 Å². The van der Waals surface area contributed by atoms with E-state index >= 15 is 0 Å². The monoisotopic (exact) mass is 239 g/mol. The van der Waals surface area contributed by atoms with Crippen LogP contribution in [0.5, 0.6) is 0 Å². The summed E-state index contributed by atoms with van der Waals surface area (Å²) in [6.07, 6.45) is 0.973. The molecule has 0 bridgehead atoms. The molecule has 0 aliphatic heterocycles. The van der Waals surface area contributed by atoms with E-state index in [-0.39, 0.29) is 0 Å². The Kier molecular flexibility index (Phi) is 7.10. The molecule has 90 valence electrons. The molecule has 1 rings (SSSR count). The van der Waals surface area contributed by atoms with E-state index in [1.807, 2.05) is 11.8 Å². The molecule has 0 aromatic heterocycles. The van der Waals surface area contributed by atoms with Gasteiger partial charge in [-0.25, -0.2) is 0 Å². The van der Waals surface area contributed by atoms with Gasteiger partial charge in [-0.3, -0.25) is 0 Å². The molecule has 0 fully saturated rings. The molecule has 0 amide bonds. The smallest absolute Gasteiger partial charge is 0.0503 e. The predicted octanol–water partition coefficient (Wildman–Crippen LogP) is 3.04. The maximum atomic E-state index is 5.11. The van der Waals surface area contributed by atoms with Gasteiger partial charge < -0.3 is 10.1 Å². The van der Waals surface area contributed by atoms with Crippen molar-refractivity contribution in [3.8, 4) is 0 Å². The first-order chi connectivity index (χ1) is 7.88. The Hall–Kier alpha value is -0.670. The summed E-state index contributed by atoms with van der Waals surface area (Å²) in [6, 6.07) is 8.46. The fourth-order valence-electron chi connectivity index (χ4n) is 1.52. The zero-order valence-electron chi connectivity index (χ0n) is 10.2. The van der Waals surface area contributed by atoms with Gasteiger partial charge in [-0.05, 0) is 23.8 Å². The molecule has 0 radical (unpaired) electrons. The van der Waals surface area contributed by atoms with Crippen LogP contribution in [-0.2, 0) is 11.2 Å². The van der Waals surface area contributed by atoms with Gasteiger partial charge in [0.1, 0.15) is 0 Å². The molecular weight excluding hydrogens is 218 g/mol. The maximum Gasteiger partial charge on any atom is 0.0503 e. The van der Waals surface area contributed by atoms with Crippen LogP contribution in [0.15, 0.2) is 24.3 Å². The second-order valence-electron chi connectivity index (χ2n) is 3.52. The van der Waals surface area contributed by atoms with Crippen molar-refractivity contribution in [2.24, 2.45) is 0 Å². The lowest BCUT2D eigenvalue weighted by atomic mass is 10.1. The highest BCUT2D eigenvalue weighted by Crippen LogP contribution is 2.15. The van der Waals surface area contributed by atoms with Gasteiger partial charge in [-0.15, -0.1) is 0 Å². The Labute approximate surface area is 103 Å². The third kappa shape index (κ3) is 4.90. The Morgan fingerprint density at radius 3 is 2.88 bits per heavy atom. The van der Waals surface area contributed by atoms with Crippen molar-refractivity contribution in [1.82, 2.24) is 0 Å². The Balaban J connectivity index is 2.43. The quantitative estimate of drug-likeness (QED) is 0.705. The first kappa shape index (κ1) is 13.4. The number of anilines is 1. The second-order valence-corrected chi connectivity index (χ2v) is 4.92. The fourth-order valence-corrected chi connectivity index (χ4v) is 2.06. The zero-order valence-corrected chi connectivity index (χ0v) is 11.0. The normalized spacial score (nSPS) is 10.4. The lowest BCUT2D eigenvalue weighted by Gasteiger charge is -2.11. The van der Waals surface area contributed by atoms with Gasteiger partial charge in [-0.2, -0.15) is 11.8 Å². The van der Waals surface area contributed by atoms with Crippen LogP contribution in [0.4, 0.5) is 5.69 Å². The van der Waals surface area contributed by atoms with Crippen LogP contribution in [0.25, 0.3) is 0 Å². The van der Waals surface area contributed by atoms with Crippen LogP contribution in [0.3, 0.4) is 0 Å². The van der Waals surface area contributed by atoms with Gasteiger partial charge in [0.25, 0.3) is 0 Å². The van der Waals surface area contributed by atoms with Crippen molar-refractivity contribution in [3.63, 3.8) is 0 Å². The molecule has 3 heteroatoms. The van der Waals surface area contributed by atoms with Crippen molar-refractivity contribution in [1.29, 1.82) is 0 Å². The van der Waals surface area contributed by atoms with Crippen molar-refractivity contribution < 1.29 is 4.74 Å². The standard InChI is InChI=1S/C13H21NOS/c1-3-16-11-9-14-13-7-5-4-6-12(13)8-10-15-2/h4-7,14H,3,8-11H2,1-2H3. The summed E-state index contributed by atoms with van der Waals surface area (Å²) >= 11 is 1.96. The second kappa shape index (κ2) is 8.48. The van der Waals surface area contributed by atoms with Crippen LogP contribution in [0.2, 0.25) is 0 Å². The van der Waals surface area contributed by atoms with E-state index in [1.165, 1.54) is 17.0 Å². The molecule has 0 saturated carbocycles. The third-order valence-electron chi connectivity index (χ3n) is 2.36. The molecule has 0 aliphatic rings. The topological polar surface area (TPSA) is 21.3 Å². The number of methoxy groups -OCH3 is 1. The third-order valence-corrected chi connectivity index (χ3v) is 3.26. The first-order valence-electron chi connectivity index (χ1n) is 5.77. The van der Waals surface area contributed by atoms with E-state index in [2.05, 4.69) is 36.5 Å². The van der Waals surface area contributed by atoms with Crippen molar-refractivity contribution in [2.75, 3.05) is 37.1 Å². The zero-order chi connectivity index (χ0) is 11.6. The molecule has 1 N–H and O–H groups in total. The van der Waals surface area contributed by atoms with E-state index in [4.69, 9.17) is 4.74 Å². The average molecular weight is 239 g/mol. The molecule has 1 aromatic rings. The van der Waals surface area contributed by atoms with Gasteiger partial charge in [0.2, 0.25) is 0 Å². The van der Waals surface area contributed by atoms with Gasteiger partial charge in [-0.1, -0.05) is 25.1 Å². The summed E-state index contributed by atoms with van der Waals surface area (Å²) in [4.78, 5) is 0. The van der Waals surface area contributed by atoms with E-state index in [9.17, 15) is 0 Å². The molecule has 2 nitrogen and oxygen atoms in total. The summed E-state index contributed by atoms with van der Waals surface area (Å²) in [5, 5.41) is 3.48. The summed E-state index contributed by atoms with van der Waals surface area (Å²) in [6.45, 7) is 4.00. The number of hydrogen-bond donors (Lipinski definition) is 1. The number of ether oxygens (including phenoxy) is 1. The van der Waals surface area contributed by atoms with E-state index in [0.717, 1.165) is 25.3 Å².